The van der Waals surface area contributed by atoms with Gasteiger partial charge in [-0.2, -0.15) is 0 Å². The van der Waals surface area contributed by atoms with Gasteiger partial charge in [-0.25, -0.2) is 4.79 Å². The summed E-state index contributed by atoms with van der Waals surface area (Å²) in [6.07, 6.45) is 1.48. The third-order valence-electron chi connectivity index (χ3n) is 2.55. The lowest BCUT2D eigenvalue weighted by Gasteiger charge is -2.26. The van der Waals surface area contributed by atoms with E-state index in [0.29, 0.717) is 18.9 Å². The van der Waals surface area contributed by atoms with E-state index < -0.39 is 0 Å². The molecule has 1 aromatic carbocycles. The van der Waals surface area contributed by atoms with E-state index in [1.807, 2.05) is 38.1 Å². The van der Waals surface area contributed by atoms with Gasteiger partial charge in [0.05, 0.1) is 6.54 Å². The predicted octanol–water partition coefficient (Wildman–Crippen LogP) is 2.05. The van der Waals surface area contributed by atoms with Crippen molar-refractivity contribution in [3.63, 3.8) is 0 Å². The molecular weight excluding hydrogens is 244 g/mol. The maximum absolute atomic E-state index is 11.5. The van der Waals surface area contributed by atoms with Crippen LogP contribution in [-0.2, 0) is 0 Å². The van der Waals surface area contributed by atoms with E-state index >= 15 is 0 Å². The van der Waals surface area contributed by atoms with Gasteiger partial charge in [-0.05, 0) is 26.0 Å². The Labute approximate surface area is 112 Å². The van der Waals surface area contributed by atoms with Crippen LogP contribution in [0.5, 0.6) is 11.5 Å². The molecule has 1 aromatic rings. The fourth-order valence-electron chi connectivity index (χ4n) is 1.63. The molecule has 0 spiro atoms. The van der Waals surface area contributed by atoms with Crippen LogP contribution in [0.1, 0.15) is 13.8 Å². The van der Waals surface area contributed by atoms with Crippen LogP contribution >= 0.6 is 0 Å². The number of hydrogen-bond acceptors (Lipinski definition) is 3. The smallest absolute Gasteiger partial charge is 0.318 e. The van der Waals surface area contributed by atoms with E-state index in [0.717, 1.165) is 11.3 Å². The van der Waals surface area contributed by atoms with Crippen LogP contribution in [0, 0.1) is 0 Å². The molecule has 0 bridgehead atoms. The minimum Gasteiger partial charge on any atom is -0.486 e. The monoisotopic (exact) mass is 262 g/mol. The highest BCUT2D eigenvalue weighted by Gasteiger charge is 2.20. The number of para-hydroxylation sites is 2. The molecule has 5 heteroatoms. The first-order valence-electron chi connectivity index (χ1n) is 6.21. The number of amides is 2. The number of ether oxygens (including phenoxy) is 2. The van der Waals surface area contributed by atoms with Crippen LogP contribution in [0.15, 0.2) is 36.0 Å². The highest BCUT2D eigenvalue weighted by Crippen LogP contribution is 2.30. The van der Waals surface area contributed by atoms with Crippen LogP contribution in [0.3, 0.4) is 0 Å². The number of nitrogens with one attached hydrogen (secondary N) is 2. The average molecular weight is 262 g/mol. The van der Waals surface area contributed by atoms with Crippen molar-refractivity contribution in [2.75, 3.05) is 13.2 Å². The summed E-state index contributed by atoms with van der Waals surface area (Å²) in [4.78, 5) is 11.5. The van der Waals surface area contributed by atoms with E-state index in [1.165, 1.54) is 0 Å². The van der Waals surface area contributed by atoms with Crippen LogP contribution in [-0.4, -0.2) is 25.3 Å². The Bertz CT molecular complexity index is 481. The summed E-state index contributed by atoms with van der Waals surface area (Å²) in [5.41, 5.74) is 1.03. The van der Waals surface area contributed by atoms with E-state index in [-0.39, 0.29) is 12.1 Å². The molecule has 0 saturated carbocycles. The molecule has 5 nitrogen and oxygen atoms in total. The maximum Gasteiger partial charge on any atom is 0.318 e. The molecule has 102 valence electrons. The van der Waals surface area contributed by atoms with E-state index in [2.05, 4.69) is 10.6 Å². The lowest BCUT2D eigenvalue weighted by molar-refractivity contribution is 0.0919. The zero-order valence-corrected chi connectivity index (χ0v) is 11.1. The maximum atomic E-state index is 11.5. The Morgan fingerprint density at radius 1 is 1.37 bits per heavy atom. The normalized spacial score (nSPS) is 16.4. The lowest BCUT2D eigenvalue weighted by atomic mass is 10.2. The molecular formula is C14H18N2O3. The zero-order valence-electron chi connectivity index (χ0n) is 11.1. The van der Waals surface area contributed by atoms with E-state index in [9.17, 15) is 4.79 Å². The summed E-state index contributed by atoms with van der Waals surface area (Å²) < 4.78 is 11.3. The Hall–Kier alpha value is -2.17. The molecule has 0 radical (unpaired) electrons. The summed E-state index contributed by atoms with van der Waals surface area (Å²) in [6.45, 7) is 4.65. The summed E-state index contributed by atoms with van der Waals surface area (Å²) in [7, 11) is 0. The lowest BCUT2D eigenvalue weighted by Crippen LogP contribution is -2.43. The largest absolute Gasteiger partial charge is 0.486 e. The van der Waals surface area contributed by atoms with Gasteiger partial charge in [0.1, 0.15) is 6.61 Å². The first kappa shape index (κ1) is 13.3. The number of benzene rings is 1. The molecule has 1 atom stereocenters. The Kier molecular flexibility index (Phi) is 4.28. The van der Waals surface area contributed by atoms with Crippen molar-refractivity contribution < 1.29 is 14.3 Å². The van der Waals surface area contributed by atoms with Crippen molar-refractivity contribution in [2.24, 2.45) is 0 Å². The number of fused-ring (bicyclic) bond motifs is 1. The molecule has 0 aromatic heterocycles. The van der Waals surface area contributed by atoms with Crippen molar-refractivity contribution >= 4 is 6.03 Å². The minimum atomic E-state index is -0.247. The van der Waals surface area contributed by atoms with Crippen LogP contribution < -0.4 is 20.1 Å². The molecule has 0 saturated heterocycles. The number of allylic oxidation sites excluding steroid dienone is 1. The van der Waals surface area contributed by atoms with Crippen LogP contribution in [0.4, 0.5) is 4.79 Å². The van der Waals surface area contributed by atoms with Gasteiger partial charge in [0.2, 0.25) is 0 Å². The molecule has 2 N–H and O–H groups in total. The van der Waals surface area contributed by atoms with Gasteiger partial charge in [-0.15, -0.1) is 0 Å². The fraction of sp³-hybridized carbons (Fsp3) is 0.357. The average Bonchev–Trinajstić information content (AvgIpc) is 2.42. The van der Waals surface area contributed by atoms with Crippen LogP contribution in [0.25, 0.3) is 0 Å². The Morgan fingerprint density at radius 3 is 2.84 bits per heavy atom. The number of carbonyl (C=O) groups excluding carboxylic acids is 1. The van der Waals surface area contributed by atoms with E-state index in [4.69, 9.17) is 9.47 Å². The Morgan fingerprint density at radius 2 is 2.11 bits per heavy atom. The molecule has 19 heavy (non-hydrogen) atoms. The molecule has 1 unspecified atom stereocenters. The molecule has 0 fully saturated rings. The summed E-state index contributed by atoms with van der Waals surface area (Å²) in [5.74, 6) is 1.46. The quantitative estimate of drug-likeness (QED) is 0.876. The zero-order chi connectivity index (χ0) is 13.7. The van der Waals surface area contributed by atoms with Crippen molar-refractivity contribution in [3.05, 3.63) is 36.0 Å². The highest BCUT2D eigenvalue weighted by molar-refractivity contribution is 5.74. The van der Waals surface area contributed by atoms with Crippen molar-refractivity contribution in [2.45, 2.75) is 20.0 Å². The molecule has 1 heterocycles. The topological polar surface area (TPSA) is 59.6 Å². The molecule has 2 amide bonds. The highest BCUT2D eigenvalue weighted by atomic mass is 16.6. The molecule has 1 aliphatic heterocycles. The third-order valence-corrected chi connectivity index (χ3v) is 2.55. The standard InChI is InChI=1S/C14H18N2O3/c1-10(2)7-15-14(17)16-8-11-9-18-12-5-3-4-6-13(12)19-11/h3-7,11H,8-9H2,1-2H3,(H2,15,16,17). The van der Waals surface area contributed by atoms with Gasteiger partial charge in [0, 0.05) is 6.20 Å². The van der Waals surface area contributed by atoms with Crippen LogP contribution in [0.2, 0.25) is 0 Å². The second-order valence-electron chi connectivity index (χ2n) is 4.57. The minimum absolute atomic E-state index is 0.174. The second-order valence-corrected chi connectivity index (χ2v) is 4.57. The summed E-state index contributed by atoms with van der Waals surface area (Å²) in [5, 5.41) is 5.37. The van der Waals surface area contributed by atoms with Crippen molar-refractivity contribution in [1.29, 1.82) is 0 Å². The van der Waals surface area contributed by atoms with Gasteiger partial charge in [-0.1, -0.05) is 17.7 Å². The number of urea groups is 1. The van der Waals surface area contributed by atoms with Gasteiger partial charge >= 0.3 is 6.03 Å². The van der Waals surface area contributed by atoms with Gasteiger partial charge in [0.15, 0.2) is 17.6 Å². The number of hydrogen-bond donors (Lipinski definition) is 2. The predicted molar refractivity (Wildman–Crippen MR) is 72.3 cm³/mol. The summed E-state index contributed by atoms with van der Waals surface area (Å²) in [6, 6.07) is 7.25. The SMILES string of the molecule is CC(C)=CNC(=O)NCC1COc2ccccc2O1. The van der Waals surface area contributed by atoms with Crippen molar-refractivity contribution in [3.8, 4) is 11.5 Å². The molecule has 0 aliphatic carbocycles. The third kappa shape index (κ3) is 3.91. The number of carbonyl (C=O) groups is 1. The second kappa shape index (κ2) is 6.13. The van der Waals surface area contributed by atoms with Gasteiger partial charge in [-0.3, -0.25) is 0 Å². The fourth-order valence-corrected chi connectivity index (χ4v) is 1.63. The van der Waals surface area contributed by atoms with Crippen molar-refractivity contribution in [1.82, 2.24) is 10.6 Å². The first-order chi connectivity index (χ1) is 9.15. The summed E-state index contributed by atoms with van der Waals surface area (Å²) >= 11 is 0. The molecule has 1 aliphatic rings. The first-order valence-corrected chi connectivity index (χ1v) is 6.21. The molecule has 2 rings (SSSR count). The number of rotatable bonds is 3. The Balaban J connectivity index is 1.80. The van der Waals surface area contributed by atoms with Gasteiger partial charge in [0.25, 0.3) is 0 Å². The van der Waals surface area contributed by atoms with Gasteiger partial charge < -0.3 is 20.1 Å². The van der Waals surface area contributed by atoms with E-state index in [1.54, 1.807) is 6.20 Å².